The fourth-order valence-electron chi connectivity index (χ4n) is 3.12. The van der Waals surface area contributed by atoms with Crippen molar-refractivity contribution in [2.45, 2.75) is 17.1 Å². The first-order valence-corrected chi connectivity index (χ1v) is 6.68. The van der Waals surface area contributed by atoms with Crippen LogP contribution in [0.5, 0.6) is 0 Å². The molecule has 0 N–H and O–H groups in total. The monoisotopic (exact) mass is 301 g/mol. The SMILES string of the molecule is [Cl-].[Cl-].[Ti+2][CH]1C(C2=CC=CC2)CC2C=CC=CC21. The molecule has 89 valence electrons. The molecule has 3 rings (SSSR count). The van der Waals surface area contributed by atoms with Gasteiger partial charge in [-0.3, -0.25) is 0 Å². The average molecular weight is 302 g/mol. The normalized spacial score (nSPS) is 37.2. The Hall–Kier alpha value is 0.254. The number of hydrogen-bond acceptors (Lipinski definition) is 0. The van der Waals surface area contributed by atoms with E-state index in [-0.39, 0.29) is 24.8 Å². The molecule has 0 aromatic carbocycles. The summed E-state index contributed by atoms with van der Waals surface area (Å²) in [5, 5.41) is 0. The Bertz CT molecular complexity index is 382. The van der Waals surface area contributed by atoms with Crippen molar-refractivity contribution < 1.29 is 45.2 Å². The van der Waals surface area contributed by atoms with Crippen LogP contribution in [-0.4, -0.2) is 0 Å². The van der Waals surface area contributed by atoms with Crippen LogP contribution in [0.15, 0.2) is 48.1 Å². The van der Waals surface area contributed by atoms with E-state index >= 15 is 0 Å². The second-order valence-electron chi connectivity index (χ2n) is 4.75. The number of allylic oxidation sites excluding steroid dienone is 8. The Morgan fingerprint density at radius 2 is 1.82 bits per heavy atom. The zero-order valence-corrected chi connectivity index (χ0v) is 12.6. The summed E-state index contributed by atoms with van der Waals surface area (Å²) in [6.45, 7) is 0. The van der Waals surface area contributed by atoms with Crippen LogP contribution in [0, 0.1) is 17.8 Å². The summed E-state index contributed by atoms with van der Waals surface area (Å²) in [7, 11) is 0. The number of hydrogen-bond donors (Lipinski definition) is 0. The van der Waals surface area contributed by atoms with Gasteiger partial charge >= 0.3 is 103 Å². The van der Waals surface area contributed by atoms with Gasteiger partial charge in [-0.1, -0.05) is 0 Å². The minimum atomic E-state index is 0. The fraction of sp³-hybridized carbons (Fsp3) is 0.429. The van der Waals surface area contributed by atoms with Crippen molar-refractivity contribution in [2.24, 2.45) is 17.8 Å². The number of rotatable bonds is 1. The molecule has 4 unspecified atom stereocenters. The molecule has 0 radical (unpaired) electrons. The van der Waals surface area contributed by atoms with Crippen molar-refractivity contribution in [1.82, 2.24) is 0 Å². The van der Waals surface area contributed by atoms with Gasteiger partial charge in [0.05, 0.1) is 0 Å². The summed E-state index contributed by atoms with van der Waals surface area (Å²) >= 11 is 2.43. The molecule has 1 fully saturated rings. The van der Waals surface area contributed by atoms with Crippen LogP contribution < -0.4 is 24.8 Å². The third-order valence-corrected chi connectivity index (χ3v) is 5.18. The molecule has 0 spiro atoms. The first-order chi connectivity index (χ1) is 7.36. The van der Waals surface area contributed by atoms with Gasteiger partial charge in [-0.05, 0) is 0 Å². The molecule has 0 saturated heterocycles. The first-order valence-electron chi connectivity index (χ1n) is 5.78. The predicted octanol–water partition coefficient (Wildman–Crippen LogP) is -2.41. The summed E-state index contributed by atoms with van der Waals surface area (Å²) in [6.07, 6.45) is 18.7. The van der Waals surface area contributed by atoms with Gasteiger partial charge < -0.3 is 24.8 Å². The van der Waals surface area contributed by atoms with Gasteiger partial charge in [0.1, 0.15) is 0 Å². The van der Waals surface area contributed by atoms with E-state index < -0.39 is 0 Å². The van der Waals surface area contributed by atoms with Gasteiger partial charge in [-0.15, -0.1) is 0 Å². The second-order valence-corrected chi connectivity index (χ2v) is 5.79. The number of halogens is 2. The van der Waals surface area contributed by atoms with Gasteiger partial charge in [0.25, 0.3) is 0 Å². The van der Waals surface area contributed by atoms with Crippen molar-refractivity contribution in [3.63, 3.8) is 0 Å². The molecule has 1 saturated carbocycles. The molecule has 17 heavy (non-hydrogen) atoms. The van der Waals surface area contributed by atoms with E-state index in [0.717, 1.165) is 22.0 Å². The van der Waals surface area contributed by atoms with E-state index in [1.165, 1.54) is 12.8 Å². The molecule has 3 heteroatoms. The fourth-order valence-corrected chi connectivity index (χ4v) is 4.23. The van der Waals surface area contributed by atoms with Crippen molar-refractivity contribution in [3.05, 3.63) is 48.1 Å². The van der Waals surface area contributed by atoms with Gasteiger partial charge in [0, 0.05) is 0 Å². The first kappa shape index (κ1) is 15.3. The van der Waals surface area contributed by atoms with Gasteiger partial charge in [-0.2, -0.15) is 0 Å². The van der Waals surface area contributed by atoms with E-state index in [4.69, 9.17) is 0 Å². The van der Waals surface area contributed by atoms with E-state index in [0.29, 0.717) is 0 Å². The third-order valence-electron chi connectivity index (χ3n) is 3.95. The van der Waals surface area contributed by atoms with Crippen LogP contribution in [0.3, 0.4) is 0 Å². The molecule has 0 bridgehead atoms. The topological polar surface area (TPSA) is 0 Å². The quantitative estimate of drug-likeness (QED) is 0.474. The van der Waals surface area contributed by atoms with E-state index in [1.54, 1.807) is 5.57 Å². The maximum atomic E-state index is 2.43. The van der Waals surface area contributed by atoms with Crippen LogP contribution in [0.4, 0.5) is 0 Å². The van der Waals surface area contributed by atoms with E-state index in [2.05, 4.69) is 63.0 Å². The molecule has 4 atom stereocenters. The maximum absolute atomic E-state index is 2.43. The predicted molar refractivity (Wildman–Crippen MR) is 59.0 cm³/mol. The molecule has 0 amide bonds. The standard InChI is InChI=1S/C14H15.2ClH.Ti/c1-2-6-11(5-1)14-9-12-7-3-4-8-13(12)10-14;;;/h1-5,7-9,12-14H,6,10H2;2*1H;/q;;;+2/p-2. The average Bonchev–Trinajstić information content (AvgIpc) is 2.87. The van der Waals surface area contributed by atoms with Gasteiger partial charge in [0.15, 0.2) is 0 Å². The molecule has 0 aromatic rings. The van der Waals surface area contributed by atoms with Crippen LogP contribution in [0.2, 0.25) is 4.22 Å². The summed E-state index contributed by atoms with van der Waals surface area (Å²) in [5.74, 6) is 2.42. The Morgan fingerprint density at radius 3 is 2.47 bits per heavy atom. The molecule has 3 aliphatic carbocycles. The van der Waals surface area contributed by atoms with Crippen molar-refractivity contribution in [1.29, 1.82) is 0 Å². The van der Waals surface area contributed by atoms with Crippen LogP contribution in [0.1, 0.15) is 12.8 Å². The van der Waals surface area contributed by atoms with Gasteiger partial charge in [0.2, 0.25) is 0 Å². The molecular formula is C14H15Cl2Ti. The summed E-state index contributed by atoms with van der Waals surface area (Å²) in [6, 6.07) is 0. The van der Waals surface area contributed by atoms with E-state index in [9.17, 15) is 0 Å². The molecule has 0 nitrogen and oxygen atoms in total. The minimum absolute atomic E-state index is 0. The molecular weight excluding hydrogens is 287 g/mol. The Kier molecular flexibility index (Phi) is 5.79. The molecule has 0 aromatic heterocycles. The third kappa shape index (κ3) is 2.81. The summed E-state index contributed by atoms with van der Waals surface area (Å²) in [5.41, 5.74) is 1.67. The summed E-state index contributed by atoms with van der Waals surface area (Å²) < 4.78 is 0.822. The Labute approximate surface area is 128 Å². The van der Waals surface area contributed by atoms with Crippen LogP contribution in [-0.2, 0) is 20.4 Å². The molecule has 3 aliphatic rings. The Balaban J connectivity index is 0.000000722. The van der Waals surface area contributed by atoms with Crippen molar-refractivity contribution in [2.75, 3.05) is 0 Å². The van der Waals surface area contributed by atoms with E-state index in [1.807, 2.05) is 0 Å². The van der Waals surface area contributed by atoms with Crippen LogP contribution in [0.25, 0.3) is 0 Å². The number of fused-ring (bicyclic) bond motifs is 1. The zero-order valence-electron chi connectivity index (χ0n) is 9.52. The van der Waals surface area contributed by atoms with Crippen LogP contribution >= 0.6 is 0 Å². The van der Waals surface area contributed by atoms with Gasteiger partial charge in [-0.25, -0.2) is 0 Å². The van der Waals surface area contributed by atoms with Crippen molar-refractivity contribution in [3.8, 4) is 0 Å². The second kappa shape index (κ2) is 6.43. The Morgan fingerprint density at radius 1 is 1.06 bits per heavy atom. The molecule has 0 aliphatic heterocycles. The molecule has 0 heterocycles. The van der Waals surface area contributed by atoms with Crippen molar-refractivity contribution >= 4 is 0 Å². The summed E-state index contributed by atoms with van der Waals surface area (Å²) in [4.78, 5) is 0. The zero-order chi connectivity index (χ0) is 10.3.